The number of hydrogen-bond acceptors (Lipinski definition) is 3. The van der Waals surface area contributed by atoms with Gasteiger partial charge in [-0.15, -0.1) is 0 Å². The molecule has 1 saturated heterocycles. The van der Waals surface area contributed by atoms with Crippen molar-refractivity contribution in [1.82, 2.24) is 14.7 Å². The molecule has 0 bridgehead atoms. The largest absolute Gasteiger partial charge is 0.394 e. The minimum Gasteiger partial charge on any atom is -0.394 e. The van der Waals surface area contributed by atoms with Crippen molar-refractivity contribution in [3.8, 4) is 0 Å². The Morgan fingerprint density at radius 3 is 2.70 bits per heavy atom. The molecule has 1 aliphatic heterocycles. The van der Waals surface area contributed by atoms with E-state index in [0.29, 0.717) is 12.6 Å². The van der Waals surface area contributed by atoms with Crippen LogP contribution in [0.25, 0.3) is 0 Å². The van der Waals surface area contributed by atoms with Crippen LogP contribution in [-0.2, 0) is 13.1 Å². The number of aliphatic hydroxyl groups excluding tert-OH is 1. The third-order valence-electron chi connectivity index (χ3n) is 4.69. The van der Waals surface area contributed by atoms with Gasteiger partial charge in [-0.05, 0) is 39.5 Å². The lowest BCUT2D eigenvalue weighted by Crippen LogP contribution is -2.34. The molecule has 114 valence electrons. The molecule has 1 aliphatic rings. The smallest absolute Gasteiger partial charge is 0.0644 e. The molecular formula is C16H29N3O. The second-order valence-electron chi connectivity index (χ2n) is 6.41. The van der Waals surface area contributed by atoms with Crippen LogP contribution in [0.3, 0.4) is 0 Å². The minimum atomic E-state index is 0.151. The first-order valence-electron chi connectivity index (χ1n) is 7.90. The van der Waals surface area contributed by atoms with Crippen LogP contribution in [0.2, 0.25) is 0 Å². The molecule has 2 rings (SSSR count). The second-order valence-corrected chi connectivity index (χ2v) is 6.41. The summed E-state index contributed by atoms with van der Waals surface area (Å²) >= 11 is 0. The van der Waals surface area contributed by atoms with Gasteiger partial charge in [0.1, 0.15) is 0 Å². The minimum absolute atomic E-state index is 0.151. The van der Waals surface area contributed by atoms with Crippen molar-refractivity contribution in [1.29, 1.82) is 0 Å². The molecule has 2 heterocycles. The maximum absolute atomic E-state index is 9.11. The second kappa shape index (κ2) is 6.72. The summed E-state index contributed by atoms with van der Waals surface area (Å²) in [6.45, 7) is 11.8. The van der Waals surface area contributed by atoms with Crippen LogP contribution in [0.4, 0.5) is 0 Å². The summed E-state index contributed by atoms with van der Waals surface area (Å²) in [6.07, 6.45) is 4.00. The maximum atomic E-state index is 9.11. The van der Waals surface area contributed by atoms with Gasteiger partial charge in [-0.1, -0.05) is 13.3 Å². The van der Waals surface area contributed by atoms with E-state index in [1.807, 2.05) is 4.68 Å². The van der Waals surface area contributed by atoms with E-state index in [4.69, 9.17) is 5.11 Å². The fraction of sp³-hybridized carbons (Fsp3) is 0.812. The molecule has 20 heavy (non-hydrogen) atoms. The highest BCUT2D eigenvalue weighted by Crippen LogP contribution is 2.24. The van der Waals surface area contributed by atoms with Gasteiger partial charge in [0.25, 0.3) is 0 Å². The SMILES string of the molecule is Cc1nn(CCO)c(C)c1CN1CC(C)CCCC1C. The molecule has 4 nitrogen and oxygen atoms in total. The molecule has 0 spiro atoms. The van der Waals surface area contributed by atoms with Crippen LogP contribution < -0.4 is 0 Å². The fourth-order valence-electron chi connectivity index (χ4n) is 3.31. The third kappa shape index (κ3) is 3.41. The van der Waals surface area contributed by atoms with Crippen molar-refractivity contribution < 1.29 is 5.11 Å². The van der Waals surface area contributed by atoms with Crippen molar-refractivity contribution in [2.45, 2.75) is 66.1 Å². The van der Waals surface area contributed by atoms with E-state index in [1.165, 1.54) is 37.1 Å². The van der Waals surface area contributed by atoms with E-state index in [2.05, 4.69) is 37.7 Å². The Morgan fingerprint density at radius 2 is 2.00 bits per heavy atom. The normalized spacial score (nSPS) is 24.9. The first kappa shape index (κ1) is 15.5. The summed E-state index contributed by atoms with van der Waals surface area (Å²) in [5, 5.41) is 13.7. The zero-order valence-corrected chi connectivity index (χ0v) is 13.4. The van der Waals surface area contributed by atoms with Gasteiger partial charge in [0, 0.05) is 30.4 Å². The lowest BCUT2D eigenvalue weighted by atomic mass is 10.1. The van der Waals surface area contributed by atoms with Gasteiger partial charge < -0.3 is 5.11 Å². The lowest BCUT2D eigenvalue weighted by molar-refractivity contribution is 0.185. The summed E-state index contributed by atoms with van der Waals surface area (Å²) in [7, 11) is 0. The van der Waals surface area contributed by atoms with E-state index in [9.17, 15) is 0 Å². The Hall–Kier alpha value is -0.870. The predicted octanol–water partition coefficient (Wildman–Crippen LogP) is 2.50. The number of aryl methyl sites for hydroxylation is 1. The van der Waals surface area contributed by atoms with Crippen LogP contribution in [0, 0.1) is 19.8 Å². The van der Waals surface area contributed by atoms with Crippen LogP contribution >= 0.6 is 0 Å². The monoisotopic (exact) mass is 279 g/mol. The number of likely N-dealkylation sites (tertiary alicyclic amines) is 1. The molecule has 0 saturated carbocycles. The molecule has 1 fully saturated rings. The first-order chi connectivity index (χ1) is 9.52. The summed E-state index contributed by atoms with van der Waals surface area (Å²) in [6, 6.07) is 0.653. The predicted molar refractivity (Wildman–Crippen MR) is 81.7 cm³/mol. The van der Waals surface area contributed by atoms with Crippen LogP contribution in [0.15, 0.2) is 0 Å². The Morgan fingerprint density at radius 1 is 1.25 bits per heavy atom. The van der Waals surface area contributed by atoms with E-state index in [0.717, 1.165) is 18.2 Å². The molecule has 0 aromatic carbocycles. The summed E-state index contributed by atoms with van der Waals surface area (Å²) in [5.41, 5.74) is 3.67. The highest BCUT2D eigenvalue weighted by molar-refractivity contribution is 5.24. The van der Waals surface area contributed by atoms with Gasteiger partial charge in [0.15, 0.2) is 0 Å². The first-order valence-corrected chi connectivity index (χ1v) is 7.90. The van der Waals surface area contributed by atoms with Gasteiger partial charge in [-0.25, -0.2) is 0 Å². The Labute approximate surface area is 122 Å². The number of hydrogen-bond donors (Lipinski definition) is 1. The molecule has 0 radical (unpaired) electrons. The Bertz CT molecular complexity index is 441. The molecular weight excluding hydrogens is 250 g/mol. The molecule has 2 unspecified atom stereocenters. The molecule has 0 amide bonds. The van der Waals surface area contributed by atoms with E-state index < -0.39 is 0 Å². The summed E-state index contributed by atoms with van der Waals surface area (Å²) in [4.78, 5) is 2.61. The quantitative estimate of drug-likeness (QED) is 0.920. The van der Waals surface area contributed by atoms with E-state index >= 15 is 0 Å². The van der Waals surface area contributed by atoms with Crippen LogP contribution in [0.5, 0.6) is 0 Å². The fourth-order valence-corrected chi connectivity index (χ4v) is 3.31. The van der Waals surface area contributed by atoms with Crippen LogP contribution in [0.1, 0.15) is 50.1 Å². The number of aromatic nitrogens is 2. The van der Waals surface area contributed by atoms with Gasteiger partial charge in [0.05, 0.1) is 18.8 Å². The van der Waals surface area contributed by atoms with Crippen molar-refractivity contribution >= 4 is 0 Å². The average molecular weight is 279 g/mol. The maximum Gasteiger partial charge on any atom is 0.0644 e. The van der Waals surface area contributed by atoms with Crippen molar-refractivity contribution in [3.05, 3.63) is 17.0 Å². The van der Waals surface area contributed by atoms with Gasteiger partial charge in [-0.2, -0.15) is 5.10 Å². The van der Waals surface area contributed by atoms with Gasteiger partial charge in [-0.3, -0.25) is 9.58 Å². The number of rotatable bonds is 4. The standard InChI is InChI=1S/C16H29N3O/c1-12-6-5-7-13(2)18(10-12)11-16-14(3)17-19(8-9-20)15(16)4/h12-13,20H,5-11H2,1-4H3. The number of nitrogens with zero attached hydrogens (tertiary/aromatic N) is 3. The Kier molecular flexibility index (Phi) is 5.22. The highest BCUT2D eigenvalue weighted by Gasteiger charge is 2.23. The van der Waals surface area contributed by atoms with Crippen molar-refractivity contribution in [3.63, 3.8) is 0 Å². The van der Waals surface area contributed by atoms with Crippen LogP contribution in [-0.4, -0.2) is 39.0 Å². The topological polar surface area (TPSA) is 41.3 Å². The number of aliphatic hydroxyl groups is 1. The van der Waals surface area contributed by atoms with Gasteiger partial charge >= 0.3 is 0 Å². The van der Waals surface area contributed by atoms with Gasteiger partial charge in [0.2, 0.25) is 0 Å². The van der Waals surface area contributed by atoms with Crippen molar-refractivity contribution in [2.75, 3.05) is 13.2 Å². The summed E-state index contributed by atoms with van der Waals surface area (Å²) < 4.78 is 1.94. The molecule has 4 heteroatoms. The molecule has 2 atom stereocenters. The molecule has 1 aromatic rings. The Balaban J connectivity index is 2.15. The van der Waals surface area contributed by atoms with E-state index in [1.54, 1.807) is 0 Å². The highest BCUT2D eigenvalue weighted by atomic mass is 16.3. The third-order valence-corrected chi connectivity index (χ3v) is 4.69. The molecule has 1 aromatic heterocycles. The average Bonchev–Trinajstić information content (AvgIpc) is 2.56. The zero-order valence-electron chi connectivity index (χ0n) is 13.4. The summed E-state index contributed by atoms with van der Waals surface area (Å²) in [5.74, 6) is 0.785. The molecule has 0 aliphatic carbocycles. The van der Waals surface area contributed by atoms with E-state index in [-0.39, 0.29) is 6.61 Å². The lowest BCUT2D eigenvalue weighted by Gasteiger charge is -2.28. The molecule has 1 N–H and O–H groups in total. The zero-order chi connectivity index (χ0) is 14.7. The van der Waals surface area contributed by atoms with Crippen molar-refractivity contribution in [2.24, 2.45) is 5.92 Å².